The van der Waals surface area contributed by atoms with Gasteiger partial charge in [-0.05, 0) is 74.0 Å². The predicted molar refractivity (Wildman–Crippen MR) is 102 cm³/mol. The molecule has 1 aromatic rings. The van der Waals surface area contributed by atoms with Crippen molar-refractivity contribution in [3.8, 4) is 0 Å². The van der Waals surface area contributed by atoms with E-state index in [1.807, 2.05) is 32.9 Å². The monoisotopic (exact) mass is 427 g/mol. The molecule has 0 bridgehead atoms. The third kappa shape index (κ3) is 4.29. The highest BCUT2D eigenvalue weighted by atomic mass is 79.9. The first-order valence-corrected chi connectivity index (χ1v) is 9.72. The van der Waals surface area contributed by atoms with Gasteiger partial charge in [-0.2, -0.15) is 0 Å². The summed E-state index contributed by atoms with van der Waals surface area (Å²) in [6.07, 6.45) is 7.16. The Balaban J connectivity index is 1.82. The number of amides is 1. The Morgan fingerprint density at radius 1 is 1.40 bits per heavy atom. The molecule has 1 aliphatic carbocycles. The number of aromatic nitrogens is 2. The number of imidazole rings is 1. The van der Waals surface area contributed by atoms with Gasteiger partial charge in [0.1, 0.15) is 16.0 Å². The Hall–Kier alpha value is -1.27. The average molecular weight is 429 g/mol. The highest BCUT2D eigenvalue weighted by Crippen LogP contribution is 2.36. The number of carbonyl (C=O) groups excluding carboxylic acids is 1. The lowest BCUT2D eigenvalue weighted by Crippen LogP contribution is -2.36. The molecule has 0 radical (unpaired) electrons. The van der Waals surface area contributed by atoms with Crippen LogP contribution in [-0.4, -0.2) is 33.1 Å². The number of ether oxygens (including phenoxy) is 1. The van der Waals surface area contributed by atoms with Gasteiger partial charge in [-0.15, -0.1) is 0 Å². The van der Waals surface area contributed by atoms with Crippen LogP contribution in [0.15, 0.2) is 21.8 Å². The van der Waals surface area contributed by atoms with Crippen molar-refractivity contribution in [2.75, 3.05) is 6.54 Å². The fourth-order valence-electron chi connectivity index (χ4n) is 3.14. The van der Waals surface area contributed by atoms with Crippen molar-refractivity contribution in [2.24, 2.45) is 0 Å². The highest BCUT2D eigenvalue weighted by Gasteiger charge is 2.35. The lowest BCUT2D eigenvalue weighted by atomic mass is 10.0. The minimum absolute atomic E-state index is 0.0804. The standard InChI is InChI=1S/C18H23BrClN3O2/c1-18(2,3)25-17(24)23-10-4-5-13(23)16-21-14(15(19)22-16)11-6-8-12(20)9-7-11/h6,8,13H,4-5,7,9-10H2,1-3H3,(H,21,22). The summed E-state index contributed by atoms with van der Waals surface area (Å²) in [7, 11) is 0. The number of H-pyrrole nitrogens is 1. The molecule has 136 valence electrons. The van der Waals surface area contributed by atoms with Crippen LogP contribution in [-0.2, 0) is 4.74 Å². The highest BCUT2D eigenvalue weighted by molar-refractivity contribution is 9.10. The van der Waals surface area contributed by atoms with E-state index >= 15 is 0 Å². The van der Waals surface area contributed by atoms with Crippen LogP contribution in [0, 0.1) is 0 Å². The van der Waals surface area contributed by atoms with Gasteiger partial charge in [0, 0.05) is 11.6 Å². The molecule has 25 heavy (non-hydrogen) atoms. The fraction of sp³-hybridized carbons (Fsp3) is 0.556. The van der Waals surface area contributed by atoms with Crippen LogP contribution in [0.2, 0.25) is 0 Å². The van der Waals surface area contributed by atoms with Gasteiger partial charge in [0.15, 0.2) is 0 Å². The molecule has 2 aliphatic rings. The Bertz CT molecular complexity index is 733. The van der Waals surface area contributed by atoms with Crippen molar-refractivity contribution in [3.63, 3.8) is 0 Å². The first-order chi connectivity index (χ1) is 11.7. The first-order valence-electron chi connectivity index (χ1n) is 8.55. The number of hydrogen-bond donors (Lipinski definition) is 1. The summed E-state index contributed by atoms with van der Waals surface area (Å²) in [5, 5.41) is 0.863. The van der Waals surface area contributed by atoms with Crippen LogP contribution >= 0.6 is 27.5 Å². The average Bonchev–Trinajstić information content (AvgIpc) is 3.13. The molecule has 1 aliphatic heterocycles. The van der Waals surface area contributed by atoms with Gasteiger partial charge in [-0.3, -0.25) is 4.90 Å². The molecule has 1 unspecified atom stereocenters. The van der Waals surface area contributed by atoms with E-state index in [0.29, 0.717) is 6.54 Å². The van der Waals surface area contributed by atoms with Gasteiger partial charge in [-0.25, -0.2) is 9.78 Å². The summed E-state index contributed by atoms with van der Waals surface area (Å²) in [5.74, 6) is 0.798. The zero-order valence-electron chi connectivity index (χ0n) is 14.7. The minimum atomic E-state index is -0.502. The van der Waals surface area contributed by atoms with E-state index in [2.05, 4.69) is 20.9 Å². The third-order valence-corrected chi connectivity index (χ3v) is 5.17. The van der Waals surface area contributed by atoms with Crippen LogP contribution in [0.5, 0.6) is 0 Å². The van der Waals surface area contributed by atoms with E-state index in [1.54, 1.807) is 4.90 Å². The SMILES string of the molecule is CC(C)(C)OC(=O)N1CCCC1c1nc(C2=CC=C(Cl)CC2)c(Br)[nH]1. The number of carbonyl (C=O) groups is 1. The van der Waals surface area contributed by atoms with Crippen molar-refractivity contribution in [1.82, 2.24) is 14.9 Å². The van der Waals surface area contributed by atoms with Crippen LogP contribution in [0.3, 0.4) is 0 Å². The fourth-order valence-corrected chi connectivity index (χ4v) is 3.84. The maximum Gasteiger partial charge on any atom is 0.410 e. The normalized spacial score (nSPS) is 21.2. The quantitative estimate of drug-likeness (QED) is 0.672. The molecule has 0 spiro atoms. The van der Waals surface area contributed by atoms with E-state index in [4.69, 9.17) is 21.3 Å². The van der Waals surface area contributed by atoms with E-state index in [-0.39, 0.29) is 12.1 Å². The molecule has 3 rings (SSSR count). The Morgan fingerprint density at radius 3 is 2.80 bits per heavy atom. The molecule has 1 saturated heterocycles. The summed E-state index contributed by atoms with van der Waals surface area (Å²) < 4.78 is 6.38. The molecular formula is C18H23BrClN3O2. The molecule has 7 heteroatoms. The number of nitrogens with one attached hydrogen (secondary N) is 1. The van der Waals surface area contributed by atoms with Crippen molar-refractivity contribution >= 4 is 39.2 Å². The third-order valence-electron chi connectivity index (χ3n) is 4.28. The van der Waals surface area contributed by atoms with E-state index in [1.165, 1.54) is 0 Å². The molecule has 0 aromatic carbocycles. The Morgan fingerprint density at radius 2 is 2.16 bits per heavy atom. The van der Waals surface area contributed by atoms with Gasteiger partial charge < -0.3 is 9.72 Å². The van der Waals surface area contributed by atoms with Crippen molar-refractivity contribution < 1.29 is 9.53 Å². The topological polar surface area (TPSA) is 58.2 Å². The van der Waals surface area contributed by atoms with Crippen LogP contribution in [0.4, 0.5) is 4.79 Å². The summed E-state index contributed by atoms with van der Waals surface area (Å²) in [6, 6.07) is -0.0804. The molecule has 5 nitrogen and oxygen atoms in total. The molecule has 1 atom stereocenters. The summed E-state index contributed by atoms with van der Waals surface area (Å²) in [4.78, 5) is 22.3. The van der Waals surface area contributed by atoms with Crippen molar-refractivity contribution in [2.45, 2.75) is 58.1 Å². The summed E-state index contributed by atoms with van der Waals surface area (Å²) >= 11 is 9.62. The second-order valence-corrected chi connectivity index (χ2v) is 8.70. The van der Waals surface area contributed by atoms with E-state index < -0.39 is 5.60 Å². The number of likely N-dealkylation sites (tertiary alicyclic amines) is 1. The van der Waals surface area contributed by atoms with Crippen LogP contribution in [0.25, 0.3) is 5.57 Å². The number of allylic oxidation sites excluding steroid dienone is 4. The van der Waals surface area contributed by atoms with Gasteiger partial charge in [-0.1, -0.05) is 17.7 Å². The molecule has 1 N–H and O–H groups in total. The molecule has 2 heterocycles. The zero-order chi connectivity index (χ0) is 18.2. The van der Waals surface area contributed by atoms with Gasteiger partial charge in [0.25, 0.3) is 0 Å². The van der Waals surface area contributed by atoms with E-state index in [9.17, 15) is 4.79 Å². The number of nitrogens with zero attached hydrogens (tertiary/aromatic N) is 2. The Kier molecular flexibility index (Phi) is 5.30. The van der Waals surface area contributed by atoms with Gasteiger partial charge >= 0.3 is 6.09 Å². The molecule has 1 aromatic heterocycles. The number of aromatic amines is 1. The van der Waals surface area contributed by atoms with Gasteiger partial charge in [0.05, 0.1) is 11.7 Å². The molecule has 1 fully saturated rings. The molecule has 0 saturated carbocycles. The lowest BCUT2D eigenvalue weighted by molar-refractivity contribution is 0.0218. The number of hydrogen-bond acceptors (Lipinski definition) is 3. The molecule has 1 amide bonds. The predicted octanol–water partition coefficient (Wildman–Crippen LogP) is 5.54. The van der Waals surface area contributed by atoms with Crippen LogP contribution < -0.4 is 0 Å². The summed E-state index contributed by atoms with van der Waals surface area (Å²) in [6.45, 7) is 6.33. The van der Waals surface area contributed by atoms with Crippen LogP contribution in [0.1, 0.15) is 64.0 Å². The van der Waals surface area contributed by atoms with E-state index in [0.717, 1.165) is 52.4 Å². The maximum atomic E-state index is 12.5. The first kappa shape index (κ1) is 18.5. The Labute approximate surface area is 161 Å². The van der Waals surface area contributed by atoms with Crippen molar-refractivity contribution in [3.05, 3.63) is 33.3 Å². The lowest BCUT2D eigenvalue weighted by Gasteiger charge is -2.27. The zero-order valence-corrected chi connectivity index (χ0v) is 17.1. The second kappa shape index (κ2) is 7.16. The minimum Gasteiger partial charge on any atom is -0.444 e. The smallest absolute Gasteiger partial charge is 0.410 e. The van der Waals surface area contributed by atoms with Crippen molar-refractivity contribution in [1.29, 1.82) is 0 Å². The van der Waals surface area contributed by atoms with Gasteiger partial charge in [0.2, 0.25) is 0 Å². The second-order valence-electron chi connectivity index (χ2n) is 7.42. The summed E-state index contributed by atoms with van der Waals surface area (Å²) in [5.41, 5.74) is 1.53. The molecular weight excluding hydrogens is 406 g/mol. The number of rotatable bonds is 2. The maximum absolute atomic E-state index is 12.5. The number of halogens is 2. The largest absolute Gasteiger partial charge is 0.444 e.